The lowest BCUT2D eigenvalue weighted by atomic mass is 9.84. The second-order valence-electron chi connectivity index (χ2n) is 5.87. The number of rotatable bonds is 2. The maximum absolute atomic E-state index is 14.3. The average Bonchev–Trinajstić information content (AvgIpc) is 3.03. The second-order valence-corrected chi connectivity index (χ2v) is 5.87. The predicted octanol–water partition coefficient (Wildman–Crippen LogP) is 4.54. The number of hydrogen-bond acceptors (Lipinski definition) is 2. The molecule has 1 aromatic heterocycles. The summed E-state index contributed by atoms with van der Waals surface area (Å²) in [5.41, 5.74) is 3.98. The van der Waals surface area contributed by atoms with E-state index in [1.807, 2.05) is 12.1 Å². The van der Waals surface area contributed by atoms with Crippen molar-refractivity contribution in [3.05, 3.63) is 71.2 Å². The fourth-order valence-electron chi connectivity index (χ4n) is 3.51. The van der Waals surface area contributed by atoms with Crippen molar-refractivity contribution >= 4 is 11.0 Å². The Kier molecular flexibility index (Phi) is 3.23. The lowest BCUT2D eigenvalue weighted by Crippen LogP contribution is -2.34. The molecule has 2 heterocycles. The molecule has 22 heavy (non-hydrogen) atoms. The van der Waals surface area contributed by atoms with Crippen LogP contribution >= 0.6 is 0 Å². The van der Waals surface area contributed by atoms with E-state index in [-0.39, 0.29) is 11.7 Å². The molecule has 0 saturated carbocycles. The van der Waals surface area contributed by atoms with Crippen molar-refractivity contribution in [2.75, 3.05) is 13.1 Å². The first-order chi connectivity index (χ1) is 10.8. The molecule has 4 rings (SSSR count). The molecule has 0 fully saturated rings. The molecule has 1 atom stereocenters. The van der Waals surface area contributed by atoms with Gasteiger partial charge in [0.25, 0.3) is 0 Å². The summed E-state index contributed by atoms with van der Waals surface area (Å²) in [6.45, 7) is 4.62. The zero-order chi connectivity index (χ0) is 15.1. The molecule has 3 aromatic rings. The number of furan rings is 1. The summed E-state index contributed by atoms with van der Waals surface area (Å²) < 4.78 is 20.0. The standard InChI is InChI=1S/C19H18FNO/c1-2-21-11-16(14-6-4-8-18(20)17(14)12-21)15-7-3-5-13-9-10-22-19(13)15/h3-10,16H,2,11-12H2,1H3. The largest absolute Gasteiger partial charge is 0.464 e. The zero-order valence-corrected chi connectivity index (χ0v) is 12.6. The molecule has 1 unspecified atom stereocenters. The maximum atomic E-state index is 14.3. The van der Waals surface area contributed by atoms with Crippen LogP contribution in [0.15, 0.2) is 53.1 Å². The Morgan fingerprint density at radius 2 is 1.95 bits per heavy atom. The molecule has 2 nitrogen and oxygen atoms in total. The van der Waals surface area contributed by atoms with Gasteiger partial charge >= 0.3 is 0 Å². The Labute approximate surface area is 129 Å². The highest BCUT2D eigenvalue weighted by molar-refractivity contribution is 5.81. The van der Waals surface area contributed by atoms with Crippen LogP contribution in [0.5, 0.6) is 0 Å². The zero-order valence-electron chi connectivity index (χ0n) is 12.6. The molecule has 0 bridgehead atoms. The molecule has 1 aliphatic rings. The topological polar surface area (TPSA) is 16.4 Å². The van der Waals surface area contributed by atoms with E-state index in [1.165, 1.54) is 0 Å². The second kappa shape index (κ2) is 5.25. The van der Waals surface area contributed by atoms with Gasteiger partial charge in [-0.25, -0.2) is 4.39 Å². The predicted molar refractivity (Wildman–Crippen MR) is 85.4 cm³/mol. The summed E-state index contributed by atoms with van der Waals surface area (Å²) >= 11 is 0. The summed E-state index contributed by atoms with van der Waals surface area (Å²) in [5.74, 6) is 0.0431. The van der Waals surface area contributed by atoms with Crippen LogP contribution in [0.4, 0.5) is 4.39 Å². The van der Waals surface area contributed by atoms with Crippen LogP contribution < -0.4 is 0 Å². The Balaban J connectivity index is 1.91. The Hall–Kier alpha value is -2.13. The van der Waals surface area contributed by atoms with Gasteiger partial charge in [0.15, 0.2) is 0 Å². The fourth-order valence-corrected chi connectivity index (χ4v) is 3.51. The first kappa shape index (κ1) is 13.5. The summed E-state index contributed by atoms with van der Waals surface area (Å²) in [7, 11) is 0. The number of para-hydroxylation sites is 1. The van der Waals surface area contributed by atoms with Crippen molar-refractivity contribution in [1.82, 2.24) is 4.90 Å². The molecule has 3 heteroatoms. The van der Waals surface area contributed by atoms with Gasteiger partial charge in [-0.05, 0) is 24.2 Å². The summed E-state index contributed by atoms with van der Waals surface area (Å²) in [6.07, 6.45) is 1.72. The Morgan fingerprint density at radius 1 is 1.14 bits per heavy atom. The average molecular weight is 295 g/mol. The minimum absolute atomic E-state index is 0.104. The minimum Gasteiger partial charge on any atom is -0.464 e. The van der Waals surface area contributed by atoms with E-state index in [0.29, 0.717) is 6.54 Å². The highest BCUT2D eigenvalue weighted by Gasteiger charge is 2.29. The van der Waals surface area contributed by atoms with Crippen molar-refractivity contribution in [2.45, 2.75) is 19.4 Å². The third-order valence-corrected chi connectivity index (χ3v) is 4.69. The smallest absolute Gasteiger partial charge is 0.137 e. The van der Waals surface area contributed by atoms with E-state index >= 15 is 0 Å². The molecule has 0 amide bonds. The van der Waals surface area contributed by atoms with Gasteiger partial charge in [-0.2, -0.15) is 0 Å². The SMILES string of the molecule is CCN1Cc2c(F)cccc2C(c2cccc3ccoc23)C1. The van der Waals surface area contributed by atoms with Gasteiger partial charge in [0.1, 0.15) is 11.4 Å². The van der Waals surface area contributed by atoms with Crippen LogP contribution in [0.2, 0.25) is 0 Å². The number of nitrogens with zero attached hydrogens (tertiary/aromatic N) is 1. The molecule has 0 N–H and O–H groups in total. The molecule has 0 spiro atoms. The van der Waals surface area contributed by atoms with Crippen molar-refractivity contribution in [2.24, 2.45) is 0 Å². The molecule has 0 saturated heterocycles. The first-order valence-electron chi connectivity index (χ1n) is 7.73. The number of halogens is 1. The minimum atomic E-state index is -0.104. The molecule has 2 aromatic carbocycles. The Bertz CT molecular complexity index is 823. The highest BCUT2D eigenvalue weighted by atomic mass is 19.1. The van der Waals surface area contributed by atoms with E-state index in [1.54, 1.807) is 12.3 Å². The molecule has 0 radical (unpaired) electrons. The van der Waals surface area contributed by atoms with Crippen molar-refractivity contribution in [3.63, 3.8) is 0 Å². The van der Waals surface area contributed by atoms with E-state index < -0.39 is 0 Å². The highest BCUT2D eigenvalue weighted by Crippen LogP contribution is 2.37. The van der Waals surface area contributed by atoms with E-state index in [2.05, 4.69) is 36.1 Å². The third kappa shape index (κ3) is 2.04. The normalized spacial score (nSPS) is 18.5. The molecular weight excluding hydrogens is 277 g/mol. The third-order valence-electron chi connectivity index (χ3n) is 4.69. The molecule has 0 aliphatic carbocycles. The molecular formula is C19H18FNO. The monoisotopic (exact) mass is 295 g/mol. The van der Waals surface area contributed by atoms with E-state index in [4.69, 9.17) is 4.42 Å². The number of benzene rings is 2. The lowest BCUT2D eigenvalue weighted by molar-refractivity contribution is 0.248. The lowest BCUT2D eigenvalue weighted by Gasteiger charge is -2.34. The van der Waals surface area contributed by atoms with Crippen LogP contribution in [0.3, 0.4) is 0 Å². The van der Waals surface area contributed by atoms with Gasteiger partial charge in [0.2, 0.25) is 0 Å². The Morgan fingerprint density at radius 3 is 2.82 bits per heavy atom. The number of likely N-dealkylation sites (N-methyl/N-ethyl adjacent to an activating group) is 1. The summed E-state index contributed by atoms with van der Waals surface area (Å²) in [5, 5.41) is 1.10. The maximum Gasteiger partial charge on any atom is 0.137 e. The quantitative estimate of drug-likeness (QED) is 0.690. The van der Waals surface area contributed by atoms with Crippen LogP contribution in [0.1, 0.15) is 29.5 Å². The molecule has 1 aliphatic heterocycles. The van der Waals surface area contributed by atoms with E-state index in [0.717, 1.165) is 40.7 Å². The fraction of sp³-hybridized carbons (Fsp3) is 0.263. The summed E-state index contributed by atoms with van der Waals surface area (Å²) in [4.78, 5) is 2.29. The first-order valence-corrected chi connectivity index (χ1v) is 7.73. The van der Waals surface area contributed by atoms with Crippen LogP contribution in [-0.2, 0) is 6.54 Å². The van der Waals surface area contributed by atoms with Gasteiger partial charge in [-0.3, -0.25) is 4.90 Å². The van der Waals surface area contributed by atoms with Gasteiger partial charge in [0.05, 0.1) is 6.26 Å². The van der Waals surface area contributed by atoms with Crippen molar-refractivity contribution in [1.29, 1.82) is 0 Å². The van der Waals surface area contributed by atoms with Crippen LogP contribution in [0, 0.1) is 5.82 Å². The summed E-state index contributed by atoms with van der Waals surface area (Å²) in [6, 6.07) is 13.6. The van der Waals surface area contributed by atoms with Crippen LogP contribution in [-0.4, -0.2) is 18.0 Å². The van der Waals surface area contributed by atoms with E-state index in [9.17, 15) is 4.39 Å². The number of fused-ring (bicyclic) bond motifs is 2. The van der Waals surface area contributed by atoms with Gasteiger partial charge in [-0.15, -0.1) is 0 Å². The van der Waals surface area contributed by atoms with Gasteiger partial charge < -0.3 is 4.42 Å². The van der Waals surface area contributed by atoms with Crippen LogP contribution in [0.25, 0.3) is 11.0 Å². The van der Waals surface area contributed by atoms with Gasteiger partial charge in [0, 0.05) is 35.5 Å². The number of hydrogen-bond donors (Lipinski definition) is 0. The van der Waals surface area contributed by atoms with Crippen molar-refractivity contribution in [3.8, 4) is 0 Å². The van der Waals surface area contributed by atoms with Crippen molar-refractivity contribution < 1.29 is 8.81 Å². The van der Waals surface area contributed by atoms with Gasteiger partial charge in [-0.1, -0.05) is 37.3 Å². The molecule has 112 valence electrons.